The number of rotatable bonds is 1. The molecule has 0 unspecified atom stereocenters. The predicted octanol–water partition coefficient (Wildman–Crippen LogP) is -2.45. The van der Waals surface area contributed by atoms with Crippen LogP contribution < -0.4 is 59.1 Å². The standard InChI is InChI=1S/C16H10.2Na.2H/c1-3-13-5-9-15(10-6-13)16-11-7-14(4-2)8-12-16;;;;/h1-2,5-12H;;;;/q;2*+1;2*-1. The average Bonchev–Trinajstić information content (AvgIpc) is 2.39. The van der Waals surface area contributed by atoms with Crippen LogP contribution in [0.1, 0.15) is 14.0 Å². The third kappa shape index (κ3) is 4.34. The van der Waals surface area contributed by atoms with Gasteiger partial charge < -0.3 is 2.85 Å². The minimum atomic E-state index is 0. The van der Waals surface area contributed by atoms with Gasteiger partial charge in [0.05, 0.1) is 0 Å². The second-order valence-corrected chi connectivity index (χ2v) is 3.44. The zero-order valence-corrected chi connectivity index (χ0v) is 14.8. The van der Waals surface area contributed by atoms with Gasteiger partial charge in [-0.1, -0.05) is 36.1 Å². The number of terminal acetylenes is 2. The summed E-state index contributed by atoms with van der Waals surface area (Å²) in [7, 11) is 0. The van der Waals surface area contributed by atoms with Crippen molar-refractivity contribution in [1.29, 1.82) is 0 Å². The Labute approximate surface area is 156 Å². The van der Waals surface area contributed by atoms with Crippen molar-refractivity contribution in [3.63, 3.8) is 0 Å². The van der Waals surface area contributed by atoms with Crippen molar-refractivity contribution < 1.29 is 62.0 Å². The van der Waals surface area contributed by atoms with Gasteiger partial charge in [-0.25, -0.2) is 0 Å². The first kappa shape index (κ1) is 17.6. The van der Waals surface area contributed by atoms with Crippen molar-refractivity contribution >= 4 is 0 Å². The van der Waals surface area contributed by atoms with E-state index in [0.717, 1.165) is 22.3 Å². The molecular weight excluding hydrogens is 238 g/mol. The first-order chi connectivity index (χ1) is 7.83. The van der Waals surface area contributed by atoms with Gasteiger partial charge in [-0.05, 0) is 35.4 Å². The van der Waals surface area contributed by atoms with Crippen LogP contribution in [0, 0.1) is 24.7 Å². The number of hydrogen-bond donors (Lipinski definition) is 0. The molecule has 0 aromatic heterocycles. The maximum atomic E-state index is 5.30. The molecule has 0 fully saturated rings. The molecule has 0 amide bonds. The van der Waals surface area contributed by atoms with Gasteiger partial charge >= 0.3 is 59.1 Å². The minimum absolute atomic E-state index is 0. The minimum Gasteiger partial charge on any atom is -1.00 e. The summed E-state index contributed by atoms with van der Waals surface area (Å²) in [6.45, 7) is 0. The molecular formula is C16H12Na2. The fraction of sp³-hybridized carbons (Fsp3) is 0. The Morgan fingerprint density at radius 3 is 1.11 bits per heavy atom. The first-order valence-corrected chi connectivity index (χ1v) is 4.97. The molecule has 0 heterocycles. The second-order valence-electron chi connectivity index (χ2n) is 3.44. The van der Waals surface area contributed by atoms with E-state index in [0.29, 0.717) is 0 Å². The van der Waals surface area contributed by atoms with Crippen LogP contribution in [0.15, 0.2) is 48.5 Å². The van der Waals surface area contributed by atoms with Crippen LogP contribution >= 0.6 is 0 Å². The first-order valence-electron chi connectivity index (χ1n) is 4.97. The molecule has 78 valence electrons. The van der Waals surface area contributed by atoms with E-state index in [1.54, 1.807) is 0 Å². The third-order valence-electron chi connectivity index (χ3n) is 2.44. The summed E-state index contributed by atoms with van der Waals surface area (Å²) >= 11 is 0. The molecule has 2 aromatic rings. The Bertz CT molecular complexity index is 520. The van der Waals surface area contributed by atoms with E-state index in [1.165, 1.54) is 0 Å². The van der Waals surface area contributed by atoms with Crippen LogP contribution in [-0.4, -0.2) is 0 Å². The maximum Gasteiger partial charge on any atom is 1.00 e. The van der Waals surface area contributed by atoms with Gasteiger partial charge in [-0.3, -0.25) is 0 Å². The van der Waals surface area contributed by atoms with Crippen LogP contribution in [0.3, 0.4) is 0 Å². The van der Waals surface area contributed by atoms with Crippen LogP contribution in [0.5, 0.6) is 0 Å². The quantitative estimate of drug-likeness (QED) is 0.389. The Hall–Kier alpha value is -0.440. The summed E-state index contributed by atoms with van der Waals surface area (Å²) in [6.07, 6.45) is 10.6. The van der Waals surface area contributed by atoms with Gasteiger partial charge in [-0.15, -0.1) is 12.8 Å². The summed E-state index contributed by atoms with van der Waals surface area (Å²) in [5.41, 5.74) is 4.07. The molecule has 0 N–H and O–H groups in total. The molecule has 0 radical (unpaired) electrons. The summed E-state index contributed by atoms with van der Waals surface area (Å²) in [5, 5.41) is 0. The van der Waals surface area contributed by atoms with E-state index in [1.807, 2.05) is 48.5 Å². The molecule has 0 atom stereocenters. The summed E-state index contributed by atoms with van der Waals surface area (Å²) in [5.74, 6) is 5.19. The van der Waals surface area contributed by atoms with Crippen molar-refractivity contribution in [2.45, 2.75) is 0 Å². The van der Waals surface area contributed by atoms with E-state index >= 15 is 0 Å². The molecule has 0 spiro atoms. The SMILES string of the molecule is C#Cc1ccc(-c2ccc(C#C)cc2)cc1.[H-].[H-].[Na+].[Na+]. The average molecular weight is 250 g/mol. The third-order valence-corrected chi connectivity index (χ3v) is 2.44. The zero-order valence-electron chi connectivity index (χ0n) is 12.8. The van der Waals surface area contributed by atoms with Crippen molar-refractivity contribution in [1.82, 2.24) is 0 Å². The predicted molar refractivity (Wildman–Crippen MR) is 70.0 cm³/mol. The summed E-state index contributed by atoms with van der Waals surface area (Å²) in [6, 6.07) is 15.8. The van der Waals surface area contributed by atoms with Crippen molar-refractivity contribution in [3.8, 4) is 35.8 Å². The maximum absolute atomic E-state index is 5.30. The molecule has 0 saturated carbocycles. The number of benzene rings is 2. The Kier molecular flexibility index (Phi) is 8.41. The summed E-state index contributed by atoms with van der Waals surface area (Å²) < 4.78 is 0. The van der Waals surface area contributed by atoms with Gasteiger partial charge in [0.1, 0.15) is 0 Å². The van der Waals surface area contributed by atoms with Crippen LogP contribution in [-0.2, 0) is 0 Å². The Morgan fingerprint density at radius 2 is 0.889 bits per heavy atom. The smallest absolute Gasteiger partial charge is 1.00 e. The van der Waals surface area contributed by atoms with Gasteiger partial charge in [-0.2, -0.15) is 0 Å². The van der Waals surface area contributed by atoms with Gasteiger partial charge in [0, 0.05) is 11.1 Å². The monoisotopic (exact) mass is 250 g/mol. The Morgan fingerprint density at radius 1 is 0.611 bits per heavy atom. The molecule has 0 aliphatic heterocycles. The molecule has 0 aliphatic carbocycles. The van der Waals surface area contributed by atoms with Gasteiger partial charge in [0.25, 0.3) is 0 Å². The molecule has 0 aliphatic rings. The van der Waals surface area contributed by atoms with E-state index < -0.39 is 0 Å². The zero-order chi connectivity index (χ0) is 11.4. The fourth-order valence-corrected chi connectivity index (χ4v) is 1.52. The van der Waals surface area contributed by atoms with Crippen molar-refractivity contribution in [3.05, 3.63) is 59.7 Å². The van der Waals surface area contributed by atoms with Crippen LogP contribution in [0.25, 0.3) is 11.1 Å². The van der Waals surface area contributed by atoms with E-state index in [-0.39, 0.29) is 62.0 Å². The molecule has 2 aromatic carbocycles. The van der Waals surface area contributed by atoms with Crippen molar-refractivity contribution in [2.24, 2.45) is 0 Å². The second kappa shape index (κ2) is 8.63. The van der Waals surface area contributed by atoms with E-state index in [2.05, 4.69) is 11.8 Å². The van der Waals surface area contributed by atoms with Gasteiger partial charge in [0.15, 0.2) is 0 Å². The molecule has 2 heteroatoms. The topological polar surface area (TPSA) is 0 Å². The van der Waals surface area contributed by atoms with Gasteiger partial charge in [0.2, 0.25) is 0 Å². The largest absolute Gasteiger partial charge is 1.00 e. The van der Waals surface area contributed by atoms with E-state index in [4.69, 9.17) is 12.8 Å². The molecule has 0 nitrogen and oxygen atoms in total. The normalized spacial score (nSPS) is 8.11. The van der Waals surface area contributed by atoms with Crippen molar-refractivity contribution in [2.75, 3.05) is 0 Å². The van der Waals surface area contributed by atoms with Crippen LogP contribution in [0.2, 0.25) is 0 Å². The Balaban J connectivity index is -0.000000722. The molecule has 2 rings (SSSR count). The summed E-state index contributed by atoms with van der Waals surface area (Å²) in [4.78, 5) is 0. The molecule has 0 saturated heterocycles. The molecule has 0 bridgehead atoms. The van der Waals surface area contributed by atoms with E-state index in [9.17, 15) is 0 Å². The molecule has 18 heavy (non-hydrogen) atoms. The fourth-order valence-electron chi connectivity index (χ4n) is 1.52. The number of hydrogen-bond acceptors (Lipinski definition) is 0. The van der Waals surface area contributed by atoms with Crippen LogP contribution in [0.4, 0.5) is 0 Å².